The van der Waals surface area contributed by atoms with Crippen molar-refractivity contribution in [2.75, 3.05) is 6.61 Å². The molecule has 0 aromatic rings. The first-order valence-electron chi connectivity index (χ1n) is 5.58. The van der Waals surface area contributed by atoms with Gasteiger partial charge >= 0.3 is 8.25 Å². The summed E-state index contributed by atoms with van der Waals surface area (Å²) in [4.78, 5) is 8.52. The average molecular weight is 256 g/mol. The van der Waals surface area contributed by atoms with Gasteiger partial charge in [-0.05, 0) is 33.1 Å². The van der Waals surface area contributed by atoms with Gasteiger partial charge in [-0.3, -0.25) is 4.57 Å². The Bertz CT molecular complexity index is 337. The predicted molar refractivity (Wildman–Crippen MR) is 71.9 cm³/mol. The zero-order valence-corrected chi connectivity index (χ0v) is 11.5. The Hall–Kier alpha value is -0.810. The molecule has 3 nitrogen and oxygen atoms in total. The van der Waals surface area contributed by atoms with E-state index in [1.165, 1.54) is 0 Å². The van der Waals surface area contributed by atoms with Gasteiger partial charge in [0, 0.05) is 5.41 Å². The topological polar surface area (TPSA) is 46.5 Å². The van der Waals surface area contributed by atoms with Crippen LogP contribution in [0.1, 0.15) is 33.1 Å². The second kappa shape index (κ2) is 8.31. The van der Waals surface area contributed by atoms with Crippen LogP contribution in [0.5, 0.6) is 0 Å². The van der Waals surface area contributed by atoms with Gasteiger partial charge in [0.25, 0.3) is 0 Å². The van der Waals surface area contributed by atoms with Crippen LogP contribution in [0.4, 0.5) is 0 Å². The third-order valence-electron chi connectivity index (χ3n) is 2.52. The molecule has 0 bridgehead atoms. The van der Waals surface area contributed by atoms with Crippen molar-refractivity contribution in [2.45, 2.75) is 33.1 Å². The molecule has 1 N–H and O–H groups in total. The molecule has 0 aromatic heterocycles. The lowest BCUT2D eigenvalue weighted by Gasteiger charge is -2.22. The van der Waals surface area contributed by atoms with Crippen molar-refractivity contribution in [1.82, 2.24) is 0 Å². The minimum Gasteiger partial charge on any atom is -0.326 e. The van der Waals surface area contributed by atoms with Gasteiger partial charge in [-0.25, -0.2) is 0 Å². The molecule has 0 spiro atoms. The monoisotopic (exact) mass is 256 g/mol. The Morgan fingerprint density at radius 3 is 2.71 bits per heavy atom. The Morgan fingerprint density at radius 1 is 1.59 bits per heavy atom. The average Bonchev–Trinajstić information content (AvgIpc) is 2.27. The number of terminal acetylenes is 1. The van der Waals surface area contributed by atoms with E-state index < -0.39 is 8.25 Å². The molecule has 17 heavy (non-hydrogen) atoms. The van der Waals surface area contributed by atoms with E-state index in [1.807, 2.05) is 26.0 Å². The first kappa shape index (κ1) is 16.2. The van der Waals surface area contributed by atoms with E-state index in [-0.39, 0.29) is 12.0 Å². The van der Waals surface area contributed by atoms with Crippen molar-refractivity contribution in [3.63, 3.8) is 0 Å². The van der Waals surface area contributed by atoms with Crippen LogP contribution in [0.3, 0.4) is 0 Å². The maximum atomic E-state index is 10.4. The molecule has 0 heterocycles. The van der Waals surface area contributed by atoms with Crippen molar-refractivity contribution in [3.05, 3.63) is 24.3 Å². The quantitative estimate of drug-likeness (QED) is 0.313. The number of allylic oxidation sites excluding steroid dienone is 2. The van der Waals surface area contributed by atoms with Crippen molar-refractivity contribution < 1.29 is 14.0 Å². The minimum absolute atomic E-state index is 0.243. The molecule has 0 rings (SSSR count). The lowest BCUT2D eigenvalue weighted by atomic mass is 9.82. The zero-order valence-electron chi connectivity index (χ0n) is 10.5. The van der Waals surface area contributed by atoms with Crippen LogP contribution < -0.4 is 0 Å². The van der Waals surface area contributed by atoms with E-state index in [9.17, 15) is 4.57 Å². The highest BCUT2D eigenvalue weighted by Gasteiger charge is 2.19. The van der Waals surface area contributed by atoms with Crippen LogP contribution in [0.15, 0.2) is 24.3 Å². The van der Waals surface area contributed by atoms with Gasteiger partial charge in [0.2, 0.25) is 0 Å². The van der Waals surface area contributed by atoms with Gasteiger partial charge in [-0.1, -0.05) is 23.6 Å². The molecule has 1 atom stereocenters. The molecule has 0 aliphatic rings. The summed E-state index contributed by atoms with van der Waals surface area (Å²) in [7, 11) is -2.83. The van der Waals surface area contributed by atoms with E-state index >= 15 is 0 Å². The van der Waals surface area contributed by atoms with Crippen LogP contribution in [0.25, 0.3) is 0 Å². The predicted octanol–water partition coefficient (Wildman–Crippen LogP) is 3.33. The Kier molecular flexibility index (Phi) is 7.91. The molecule has 0 amide bonds. The highest BCUT2D eigenvalue weighted by atomic mass is 31.1. The summed E-state index contributed by atoms with van der Waals surface area (Å²) in [5.74, 6) is 2.75. The van der Waals surface area contributed by atoms with Crippen molar-refractivity contribution in [2.24, 2.45) is 5.41 Å². The molecule has 96 valence electrons. The molecule has 0 saturated heterocycles. The van der Waals surface area contributed by atoms with Gasteiger partial charge in [-0.15, -0.1) is 13.0 Å². The molecule has 0 aliphatic carbocycles. The number of hydrogen-bond donors (Lipinski definition) is 1. The molecular weight excluding hydrogens is 235 g/mol. The molecule has 0 aromatic carbocycles. The van der Waals surface area contributed by atoms with Crippen LogP contribution in [0.2, 0.25) is 0 Å². The zero-order chi connectivity index (χ0) is 13.3. The number of hydrogen-bond acceptors (Lipinski definition) is 2. The molecular formula is C13H21O3P. The highest BCUT2D eigenvalue weighted by molar-refractivity contribution is 7.32. The van der Waals surface area contributed by atoms with E-state index in [2.05, 4.69) is 17.0 Å². The first-order chi connectivity index (χ1) is 7.94. The smallest absolute Gasteiger partial charge is 0.316 e. The third-order valence-corrected chi connectivity index (χ3v) is 2.97. The maximum absolute atomic E-state index is 10.4. The second-order valence-electron chi connectivity index (χ2n) is 4.23. The fraction of sp³-hybridized carbons (Fsp3) is 0.538. The molecule has 0 radical (unpaired) electrons. The summed E-state index contributed by atoms with van der Waals surface area (Å²) in [6.45, 7) is 7.90. The third kappa shape index (κ3) is 7.18. The SMILES string of the molecule is C#CC(C)(C)C(=CCCO[PH](=O)O)CCC=C. The fourth-order valence-corrected chi connectivity index (χ4v) is 1.69. The fourth-order valence-electron chi connectivity index (χ4n) is 1.40. The molecule has 0 saturated carbocycles. The first-order valence-corrected chi connectivity index (χ1v) is 6.84. The van der Waals surface area contributed by atoms with Gasteiger partial charge in [0.05, 0.1) is 6.61 Å². The van der Waals surface area contributed by atoms with Crippen LogP contribution in [-0.4, -0.2) is 11.5 Å². The Balaban J connectivity index is 4.47. The van der Waals surface area contributed by atoms with Gasteiger partial charge in [-0.2, -0.15) is 0 Å². The summed E-state index contributed by atoms with van der Waals surface area (Å²) < 4.78 is 15.0. The summed E-state index contributed by atoms with van der Waals surface area (Å²) in [5.41, 5.74) is 0.842. The van der Waals surface area contributed by atoms with Crippen LogP contribution in [-0.2, 0) is 9.09 Å². The maximum Gasteiger partial charge on any atom is 0.316 e. The van der Waals surface area contributed by atoms with E-state index in [0.29, 0.717) is 6.42 Å². The van der Waals surface area contributed by atoms with Crippen LogP contribution >= 0.6 is 8.25 Å². The summed E-state index contributed by atoms with van der Waals surface area (Å²) >= 11 is 0. The van der Waals surface area contributed by atoms with Crippen LogP contribution in [0, 0.1) is 17.8 Å². The summed E-state index contributed by atoms with van der Waals surface area (Å²) in [5, 5.41) is 0. The van der Waals surface area contributed by atoms with E-state index in [0.717, 1.165) is 18.4 Å². The molecule has 0 aliphatic heterocycles. The van der Waals surface area contributed by atoms with Crippen molar-refractivity contribution in [1.29, 1.82) is 0 Å². The largest absolute Gasteiger partial charge is 0.326 e. The van der Waals surface area contributed by atoms with Crippen molar-refractivity contribution in [3.8, 4) is 12.3 Å². The standard InChI is InChI=1S/C13H21O3P/c1-5-7-9-12(13(3,4)6-2)10-8-11-16-17(14)15/h2,5,10,17H,1,7-9,11H2,3-4H3,(H,14,15). The normalized spacial score (nSPS) is 14.1. The number of rotatable bonds is 8. The van der Waals surface area contributed by atoms with E-state index in [4.69, 9.17) is 11.3 Å². The van der Waals surface area contributed by atoms with Gasteiger partial charge in [0.15, 0.2) is 0 Å². The highest BCUT2D eigenvalue weighted by Crippen LogP contribution is 2.29. The Morgan fingerprint density at radius 2 is 2.24 bits per heavy atom. The molecule has 1 unspecified atom stereocenters. The summed E-state index contributed by atoms with van der Waals surface area (Å²) in [6.07, 6.45) is 11.7. The molecule has 4 heteroatoms. The minimum atomic E-state index is -2.83. The van der Waals surface area contributed by atoms with Gasteiger partial charge in [0.1, 0.15) is 0 Å². The Labute approximate surface area is 105 Å². The van der Waals surface area contributed by atoms with Crippen molar-refractivity contribution >= 4 is 8.25 Å². The van der Waals surface area contributed by atoms with Gasteiger partial charge < -0.3 is 9.42 Å². The summed E-state index contributed by atoms with van der Waals surface area (Å²) in [6, 6.07) is 0. The second-order valence-corrected chi connectivity index (χ2v) is 5.05. The lowest BCUT2D eigenvalue weighted by molar-refractivity contribution is 0.286. The lowest BCUT2D eigenvalue weighted by Crippen LogP contribution is -2.12. The van der Waals surface area contributed by atoms with E-state index in [1.54, 1.807) is 0 Å². The molecule has 0 fully saturated rings.